The Morgan fingerprint density at radius 1 is 0.870 bits per heavy atom. The van der Waals surface area contributed by atoms with E-state index < -0.39 is 0 Å². The largest absolute Gasteiger partial charge is 0.0946 e. The van der Waals surface area contributed by atoms with Crippen LogP contribution in [0.1, 0.15) is 44.6 Å². The predicted molar refractivity (Wildman–Crippen MR) is 105 cm³/mol. The van der Waals surface area contributed by atoms with Gasteiger partial charge in [-0.15, -0.1) is 0 Å². The van der Waals surface area contributed by atoms with Crippen molar-refractivity contribution < 1.29 is 0 Å². The normalized spacial score (nSPS) is 12.0. The summed E-state index contributed by atoms with van der Waals surface area (Å²) in [5.41, 5.74) is 1.25. The highest BCUT2D eigenvalue weighted by molar-refractivity contribution is 8.03. The van der Waals surface area contributed by atoms with E-state index in [0.29, 0.717) is 0 Å². The lowest BCUT2D eigenvalue weighted by Crippen LogP contribution is -1.81. The van der Waals surface area contributed by atoms with Gasteiger partial charge in [0.2, 0.25) is 0 Å². The molecule has 0 saturated carbocycles. The average Bonchev–Trinajstić information content (AvgIpc) is 2.60. The highest BCUT2D eigenvalue weighted by Gasteiger charge is 2.00. The zero-order valence-corrected chi connectivity index (χ0v) is 14.8. The molecule has 0 unspecified atom stereocenters. The van der Waals surface area contributed by atoms with Crippen LogP contribution in [0.5, 0.6) is 0 Å². The van der Waals surface area contributed by atoms with E-state index in [9.17, 15) is 0 Å². The fraction of sp³-hybridized carbons (Fsp3) is 0.273. The van der Waals surface area contributed by atoms with Crippen LogP contribution in [0, 0.1) is 0 Å². The quantitative estimate of drug-likeness (QED) is 0.264. The molecule has 23 heavy (non-hydrogen) atoms. The summed E-state index contributed by atoms with van der Waals surface area (Å²) >= 11 is 1.89. The van der Waals surface area contributed by atoms with Gasteiger partial charge in [-0.2, -0.15) is 0 Å². The molecule has 2 rings (SSSR count). The van der Waals surface area contributed by atoms with Crippen LogP contribution in [0.15, 0.2) is 82.6 Å². The molecule has 1 heteroatoms. The van der Waals surface area contributed by atoms with Crippen molar-refractivity contribution in [2.24, 2.45) is 0 Å². The first kappa shape index (κ1) is 17.6. The summed E-state index contributed by atoms with van der Waals surface area (Å²) in [6, 6.07) is 21.1. The summed E-state index contributed by atoms with van der Waals surface area (Å²) in [6.45, 7) is 2.26. The van der Waals surface area contributed by atoms with E-state index >= 15 is 0 Å². The Kier molecular flexibility index (Phi) is 8.36. The first-order valence-electron chi connectivity index (χ1n) is 8.53. The molecular formula is C22H26S. The van der Waals surface area contributed by atoms with Crippen molar-refractivity contribution in [3.63, 3.8) is 0 Å². The van der Waals surface area contributed by atoms with Crippen LogP contribution in [-0.4, -0.2) is 0 Å². The summed E-state index contributed by atoms with van der Waals surface area (Å²) < 4.78 is 0. The summed E-state index contributed by atoms with van der Waals surface area (Å²) in [6.07, 6.45) is 13.0. The molecular weight excluding hydrogens is 296 g/mol. The van der Waals surface area contributed by atoms with Gasteiger partial charge in [0.1, 0.15) is 0 Å². The van der Waals surface area contributed by atoms with Gasteiger partial charge in [-0.1, -0.05) is 105 Å². The molecule has 0 bridgehead atoms. The number of benzene rings is 2. The van der Waals surface area contributed by atoms with Crippen LogP contribution >= 0.6 is 11.8 Å². The van der Waals surface area contributed by atoms with Crippen molar-refractivity contribution >= 4 is 17.8 Å². The molecule has 0 aromatic heterocycles. The molecule has 0 radical (unpaired) electrons. The fourth-order valence-corrected chi connectivity index (χ4v) is 3.35. The average molecular weight is 323 g/mol. The van der Waals surface area contributed by atoms with Crippen molar-refractivity contribution in [1.82, 2.24) is 0 Å². The lowest BCUT2D eigenvalue weighted by atomic mass is 10.1. The first-order chi connectivity index (χ1) is 11.4. The lowest BCUT2D eigenvalue weighted by molar-refractivity contribution is 0.672. The van der Waals surface area contributed by atoms with Crippen molar-refractivity contribution in [2.45, 2.75) is 43.9 Å². The minimum absolute atomic E-state index is 1.17. The molecule has 0 aliphatic heterocycles. The van der Waals surface area contributed by atoms with Gasteiger partial charge in [0.05, 0.1) is 0 Å². The van der Waals surface area contributed by atoms with Gasteiger partial charge in [-0.05, 0) is 35.4 Å². The number of hydrogen-bond acceptors (Lipinski definition) is 1. The third-order valence-corrected chi connectivity index (χ3v) is 4.75. The summed E-state index contributed by atoms with van der Waals surface area (Å²) in [7, 11) is 0. The molecule has 120 valence electrons. The van der Waals surface area contributed by atoms with Gasteiger partial charge in [-0.3, -0.25) is 0 Å². The van der Waals surface area contributed by atoms with E-state index in [4.69, 9.17) is 0 Å². The van der Waals surface area contributed by atoms with E-state index in [-0.39, 0.29) is 0 Å². The minimum Gasteiger partial charge on any atom is -0.0946 e. The SMILES string of the molecule is CCCCCC/C(=C/C=C/c1ccccc1)Sc1ccccc1. The second kappa shape index (κ2) is 10.9. The van der Waals surface area contributed by atoms with Crippen molar-refractivity contribution in [1.29, 1.82) is 0 Å². The maximum atomic E-state index is 2.27. The van der Waals surface area contributed by atoms with Crippen LogP contribution in [-0.2, 0) is 0 Å². The molecule has 0 amide bonds. The molecule has 0 aliphatic carbocycles. The summed E-state index contributed by atoms with van der Waals surface area (Å²) in [4.78, 5) is 2.77. The zero-order chi connectivity index (χ0) is 16.2. The van der Waals surface area contributed by atoms with Gasteiger partial charge >= 0.3 is 0 Å². The maximum Gasteiger partial charge on any atom is 0.0119 e. The van der Waals surface area contributed by atoms with Crippen molar-refractivity contribution in [3.8, 4) is 0 Å². The van der Waals surface area contributed by atoms with Crippen LogP contribution in [0.4, 0.5) is 0 Å². The van der Waals surface area contributed by atoms with Crippen LogP contribution in [0.2, 0.25) is 0 Å². The van der Waals surface area contributed by atoms with Crippen LogP contribution < -0.4 is 0 Å². The number of unbranched alkanes of at least 4 members (excludes halogenated alkanes) is 3. The third-order valence-electron chi connectivity index (χ3n) is 3.64. The Morgan fingerprint density at radius 2 is 1.57 bits per heavy atom. The van der Waals surface area contributed by atoms with E-state index in [2.05, 4.69) is 85.8 Å². The maximum absolute atomic E-state index is 2.27. The Bertz CT molecular complexity index is 596. The number of hydrogen-bond donors (Lipinski definition) is 0. The molecule has 0 N–H and O–H groups in total. The zero-order valence-electron chi connectivity index (χ0n) is 13.9. The molecule has 0 heterocycles. The number of thioether (sulfide) groups is 1. The van der Waals surface area contributed by atoms with E-state index in [1.165, 1.54) is 47.5 Å². The van der Waals surface area contributed by atoms with Gasteiger partial charge in [0.25, 0.3) is 0 Å². The van der Waals surface area contributed by atoms with E-state index in [1.54, 1.807) is 0 Å². The highest BCUT2D eigenvalue weighted by atomic mass is 32.2. The Balaban J connectivity index is 1.99. The molecule has 0 fully saturated rings. The first-order valence-corrected chi connectivity index (χ1v) is 9.35. The second-order valence-electron chi connectivity index (χ2n) is 5.63. The van der Waals surface area contributed by atoms with Crippen molar-refractivity contribution in [2.75, 3.05) is 0 Å². The van der Waals surface area contributed by atoms with Gasteiger partial charge < -0.3 is 0 Å². The van der Waals surface area contributed by atoms with Crippen molar-refractivity contribution in [3.05, 3.63) is 83.3 Å². The minimum atomic E-state index is 1.17. The molecule has 2 aromatic rings. The molecule has 0 nitrogen and oxygen atoms in total. The van der Waals surface area contributed by atoms with Gasteiger partial charge in [-0.25, -0.2) is 0 Å². The Hall–Kier alpha value is -1.73. The van der Waals surface area contributed by atoms with Gasteiger partial charge in [0, 0.05) is 4.90 Å². The molecule has 2 aromatic carbocycles. The van der Waals surface area contributed by atoms with E-state index in [0.717, 1.165) is 0 Å². The Morgan fingerprint density at radius 3 is 2.26 bits per heavy atom. The second-order valence-corrected chi connectivity index (χ2v) is 6.83. The highest BCUT2D eigenvalue weighted by Crippen LogP contribution is 2.30. The van der Waals surface area contributed by atoms with Gasteiger partial charge in [0.15, 0.2) is 0 Å². The molecule has 0 atom stereocenters. The third kappa shape index (κ3) is 7.38. The predicted octanol–water partition coefficient (Wildman–Crippen LogP) is 7.35. The standard InChI is InChI=1S/C22H26S/c1-2-3-4-9-16-22(23-21-17-10-6-11-18-21)19-12-15-20-13-7-5-8-14-20/h5-8,10-15,17-19H,2-4,9,16H2,1H3/b15-12+,22-19-. The fourth-order valence-electron chi connectivity index (χ4n) is 2.37. The van der Waals surface area contributed by atoms with Crippen LogP contribution in [0.25, 0.3) is 6.08 Å². The summed E-state index contributed by atoms with van der Waals surface area (Å²) in [5, 5.41) is 0. The smallest absolute Gasteiger partial charge is 0.0119 e. The lowest BCUT2D eigenvalue weighted by Gasteiger charge is -2.06. The molecule has 0 aliphatic rings. The summed E-state index contributed by atoms with van der Waals surface area (Å²) in [5.74, 6) is 0. The topological polar surface area (TPSA) is 0 Å². The van der Waals surface area contributed by atoms with Crippen LogP contribution in [0.3, 0.4) is 0 Å². The number of allylic oxidation sites excluding steroid dienone is 3. The molecule has 0 saturated heterocycles. The monoisotopic (exact) mass is 322 g/mol. The number of rotatable bonds is 9. The Labute approximate surface area is 145 Å². The molecule has 0 spiro atoms. The van der Waals surface area contributed by atoms with E-state index in [1.807, 2.05) is 11.8 Å².